The third-order valence-corrected chi connectivity index (χ3v) is 1.98. The summed E-state index contributed by atoms with van der Waals surface area (Å²) in [4.78, 5) is 11.4. The molecular weight excluding hydrogens is 256 g/mol. The molecule has 1 aromatic carbocycles. The summed E-state index contributed by atoms with van der Waals surface area (Å²) in [6, 6.07) is 3.44. The molecule has 1 rings (SSSR count). The number of hydrogen-bond acceptors (Lipinski definition) is 3. The maximum Gasteiger partial charge on any atom is 0.411 e. The van der Waals surface area contributed by atoms with Gasteiger partial charge in [0.05, 0.1) is 12.7 Å². The second-order valence-electron chi connectivity index (χ2n) is 3.38. The molecule has 18 heavy (non-hydrogen) atoms. The number of benzene rings is 1. The molecule has 0 aromatic heterocycles. The molecule has 1 aromatic rings. The summed E-state index contributed by atoms with van der Waals surface area (Å²) in [6.45, 7) is -2.38. The quantitative estimate of drug-likeness (QED) is 0.607. The molecule has 0 saturated heterocycles. The molecule has 100 valence electrons. The lowest BCUT2D eigenvalue weighted by Crippen LogP contribution is -2.20. The average Bonchev–Trinajstić information content (AvgIpc) is 2.26. The highest BCUT2D eigenvalue weighted by molar-refractivity contribution is 5.97. The van der Waals surface area contributed by atoms with Gasteiger partial charge in [-0.2, -0.15) is 13.2 Å². The number of Topliss-reactive ketones (excluding diaryl/α,β-unsaturated/α-hetero) is 1. The number of ketones is 1. The summed E-state index contributed by atoms with van der Waals surface area (Å²) in [7, 11) is 1.32. The van der Waals surface area contributed by atoms with Gasteiger partial charge in [0.15, 0.2) is 5.78 Å². The molecule has 0 unspecified atom stereocenters. The van der Waals surface area contributed by atoms with Gasteiger partial charge >= 0.3 is 6.18 Å². The van der Waals surface area contributed by atoms with Gasteiger partial charge < -0.3 is 9.47 Å². The molecule has 0 N–H and O–H groups in total. The third kappa shape index (κ3) is 4.33. The number of rotatable bonds is 5. The van der Waals surface area contributed by atoms with E-state index in [0.717, 1.165) is 12.1 Å². The first-order chi connectivity index (χ1) is 8.33. The molecule has 0 spiro atoms. The van der Waals surface area contributed by atoms with Gasteiger partial charge in [-0.15, -0.1) is 0 Å². The van der Waals surface area contributed by atoms with Gasteiger partial charge in [0.2, 0.25) is 0 Å². The number of hydrogen-bond donors (Lipinski definition) is 0. The Labute approximate surface area is 100 Å². The number of methoxy groups -OCH3 is 1. The zero-order valence-electron chi connectivity index (χ0n) is 9.38. The van der Waals surface area contributed by atoms with Crippen LogP contribution in [0, 0.1) is 5.82 Å². The predicted octanol–water partition coefficient (Wildman–Crippen LogP) is 2.60. The Morgan fingerprint density at radius 1 is 1.33 bits per heavy atom. The topological polar surface area (TPSA) is 35.5 Å². The molecule has 0 heterocycles. The molecule has 0 aliphatic heterocycles. The molecule has 0 saturated carbocycles. The van der Waals surface area contributed by atoms with Gasteiger partial charge in [0.25, 0.3) is 0 Å². The number of ether oxygens (including phenoxy) is 2. The summed E-state index contributed by atoms with van der Waals surface area (Å²) < 4.78 is 57.5. The SMILES string of the molecule is COc1ccc(C(=O)COCC(F)(F)F)c(F)c1. The second-order valence-corrected chi connectivity index (χ2v) is 3.38. The highest BCUT2D eigenvalue weighted by Gasteiger charge is 2.28. The van der Waals surface area contributed by atoms with E-state index in [2.05, 4.69) is 4.74 Å². The van der Waals surface area contributed by atoms with Gasteiger partial charge in [-0.1, -0.05) is 0 Å². The Kier molecular flexibility index (Phi) is 4.66. The summed E-state index contributed by atoms with van der Waals surface area (Å²) in [5.74, 6) is -1.52. The standard InChI is InChI=1S/C11H10F4O3/c1-17-7-2-3-8(9(12)4-7)10(16)5-18-6-11(13,14)15/h2-4H,5-6H2,1H3. The second kappa shape index (κ2) is 5.81. The maximum absolute atomic E-state index is 13.4. The van der Waals surface area contributed by atoms with Crippen LogP contribution in [-0.2, 0) is 4.74 Å². The number of carbonyl (C=O) groups excluding carboxylic acids is 1. The van der Waals surface area contributed by atoms with Crippen LogP contribution in [0.15, 0.2) is 18.2 Å². The van der Waals surface area contributed by atoms with Crippen molar-refractivity contribution in [2.24, 2.45) is 0 Å². The number of halogens is 4. The van der Waals surface area contributed by atoms with Crippen LogP contribution in [0.2, 0.25) is 0 Å². The Morgan fingerprint density at radius 2 is 2.00 bits per heavy atom. The Balaban J connectivity index is 2.62. The van der Waals surface area contributed by atoms with Crippen molar-refractivity contribution in [3.8, 4) is 5.75 Å². The van der Waals surface area contributed by atoms with E-state index < -0.39 is 31.0 Å². The minimum atomic E-state index is -4.52. The molecule has 0 aliphatic rings. The number of alkyl halides is 3. The first kappa shape index (κ1) is 14.4. The molecule has 7 heteroatoms. The zero-order chi connectivity index (χ0) is 13.8. The van der Waals surface area contributed by atoms with Gasteiger partial charge in [-0.05, 0) is 12.1 Å². The summed E-state index contributed by atoms with van der Waals surface area (Å²) in [6.07, 6.45) is -4.52. The molecule has 0 aliphatic carbocycles. The average molecular weight is 266 g/mol. The molecule has 0 radical (unpaired) electrons. The van der Waals surface area contributed by atoms with Crippen LogP contribution in [0.3, 0.4) is 0 Å². The van der Waals surface area contributed by atoms with Crippen molar-refractivity contribution in [3.63, 3.8) is 0 Å². The molecular formula is C11H10F4O3. The van der Waals surface area contributed by atoms with E-state index in [-0.39, 0.29) is 11.3 Å². The van der Waals surface area contributed by atoms with Gasteiger partial charge in [-0.3, -0.25) is 4.79 Å². The summed E-state index contributed by atoms with van der Waals surface area (Å²) in [5, 5.41) is 0. The fraction of sp³-hybridized carbons (Fsp3) is 0.364. The summed E-state index contributed by atoms with van der Waals surface area (Å²) in [5.41, 5.74) is -0.335. The molecule has 0 atom stereocenters. The minimum Gasteiger partial charge on any atom is -0.497 e. The van der Waals surface area contributed by atoms with E-state index in [0.29, 0.717) is 0 Å². The van der Waals surface area contributed by atoms with E-state index in [1.54, 1.807) is 0 Å². The first-order valence-electron chi connectivity index (χ1n) is 4.84. The van der Waals surface area contributed by atoms with Gasteiger partial charge in [-0.25, -0.2) is 4.39 Å². The van der Waals surface area contributed by atoms with Crippen molar-refractivity contribution in [2.45, 2.75) is 6.18 Å². The van der Waals surface area contributed by atoms with Crippen LogP contribution >= 0.6 is 0 Å². The fourth-order valence-corrected chi connectivity index (χ4v) is 1.19. The van der Waals surface area contributed by atoms with Crippen LogP contribution in [-0.4, -0.2) is 32.3 Å². The lowest BCUT2D eigenvalue weighted by atomic mass is 10.1. The van der Waals surface area contributed by atoms with Crippen molar-refractivity contribution >= 4 is 5.78 Å². The predicted molar refractivity (Wildman–Crippen MR) is 54.2 cm³/mol. The normalized spacial score (nSPS) is 11.4. The van der Waals surface area contributed by atoms with Crippen LogP contribution in [0.1, 0.15) is 10.4 Å². The van der Waals surface area contributed by atoms with Gasteiger partial charge in [0, 0.05) is 6.07 Å². The first-order valence-corrected chi connectivity index (χ1v) is 4.84. The molecule has 3 nitrogen and oxygen atoms in total. The van der Waals surface area contributed by atoms with Crippen LogP contribution in [0.5, 0.6) is 5.75 Å². The van der Waals surface area contributed by atoms with Crippen molar-refractivity contribution in [3.05, 3.63) is 29.6 Å². The maximum atomic E-state index is 13.4. The molecule has 0 amide bonds. The van der Waals surface area contributed by atoms with E-state index in [1.165, 1.54) is 13.2 Å². The van der Waals surface area contributed by atoms with E-state index >= 15 is 0 Å². The van der Waals surface area contributed by atoms with Crippen LogP contribution in [0.4, 0.5) is 17.6 Å². The smallest absolute Gasteiger partial charge is 0.411 e. The monoisotopic (exact) mass is 266 g/mol. The highest BCUT2D eigenvalue weighted by atomic mass is 19.4. The van der Waals surface area contributed by atoms with Crippen molar-refractivity contribution in [1.82, 2.24) is 0 Å². The number of carbonyl (C=O) groups is 1. The minimum absolute atomic E-state index is 0.209. The Hall–Kier alpha value is -1.63. The highest BCUT2D eigenvalue weighted by Crippen LogP contribution is 2.18. The fourth-order valence-electron chi connectivity index (χ4n) is 1.19. The van der Waals surface area contributed by atoms with E-state index in [9.17, 15) is 22.4 Å². The van der Waals surface area contributed by atoms with Crippen LogP contribution < -0.4 is 4.74 Å². The van der Waals surface area contributed by atoms with Crippen molar-refractivity contribution < 1.29 is 31.8 Å². The van der Waals surface area contributed by atoms with E-state index in [4.69, 9.17) is 4.74 Å². The largest absolute Gasteiger partial charge is 0.497 e. The lowest BCUT2D eigenvalue weighted by molar-refractivity contribution is -0.170. The molecule has 0 bridgehead atoms. The summed E-state index contributed by atoms with van der Waals surface area (Å²) >= 11 is 0. The zero-order valence-corrected chi connectivity index (χ0v) is 9.38. The lowest BCUT2D eigenvalue weighted by Gasteiger charge is -2.08. The Bertz CT molecular complexity index is 429. The Morgan fingerprint density at radius 3 is 2.50 bits per heavy atom. The van der Waals surface area contributed by atoms with Crippen molar-refractivity contribution in [1.29, 1.82) is 0 Å². The van der Waals surface area contributed by atoms with Crippen LogP contribution in [0.25, 0.3) is 0 Å². The van der Waals surface area contributed by atoms with Gasteiger partial charge in [0.1, 0.15) is 24.8 Å². The van der Waals surface area contributed by atoms with Crippen molar-refractivity contribution in [2.75, 3.05) is 20.3 Å². The molecule has 0 fully saturated rings. The third-order valence-electron chi connectivity index (χ3n) is 1.98. The van der Waals surface area contributed by atoms with E-state index in [1.807, 2.05) is 0 Å².